The molecule has 1 fully saturated rings. The number of fused-ring (bicyclic) bond motifs is 2. The normalized spacial score (nSPS) is 21.1. The highest BCUT2D eigenvalue weighted by atomic mass is 16.4. The molecule has 2 aromatic rings. The summed E-state index contributed by atoms with van der Waals surface area (Å²) < 4.78 is 0. The molecule has 4 rings (SSSR count). The highest BCUT2D eigenvalue weighted by molar-refractivity contribution is 6.06. The Hall–Kier alpha value is -2.96. The van der Waals surface area contributed by atoms with Crippen LogP contribution in [-0.4, -0.2) is 52.2 Å². The van der Waals surface area contributed by atoms with Gasteiger partial charge in [-0.25, -0.2) is 0 Å². The summed E-state index contributed by atoms with van der Waals surface area (Å²) in [7, 11) is 0. The number of carbonyl (C=O) groups excluding carboxylic acids is 1. The van der Waals surface area contributed by atoms with Crippen molar-refractivity contribution in [1.82, 2.24) is 4.90 Å². The average Bonchev–Trinajstić information content (AvgIpc) is 2.98. The van der Waals surface area contributed by atoms with E-state index >= 15 is 0 Å². The lowest BCUT2D eigenvalue weighted by Gasteiger charge is -2.27. The SMILES string of the molecule is O=C(O)[C@@H]1C(O)CCN1CCC(=O)N1c2ccccc2C=Cc2ccccc21. The lowest BCUT2D eigenvalue weighted by atomic mass is 10.1. The molecule has 1 unspecified atom stereocenters. The minimum Gasteiger partial charge on any atom is -0.480 e. The van der Waals surface area contributed by atoms with Crippen LogP contribution in [0.1, 0.15) is 24.0 Å². The van der Waals surface area contributed by atoms with E-state index in [-0.39, 0.29) is 12.3 Å². The fourth-order valence-corrected chi connectivity index (χ4v) is 4.00. The fraction of sp³-hybridized carbons (Fsp3) is 0.273. The van der Waals surface area contributed by atoms with E-state index in [1.165, 1.54) is 0 Å². The minimum absolute atomic E-state index is 0.103. The number of anilines is 2. The first-order chi connectivity index (χ1) is 13.6. The van der Waals surface area contributed by atoms with E-state index in [4.69, 9.17) is 0 Å². The molecule has 0 bridgehead atoms. The Morgan fingerprint density at radius 1 is 0.964 bits per heavy atom. The van der Waals surface area contributed by atoms with Crippen molar-refractivity contribution < 1.29 is 19.8 Å². The van der Waals surface area contributed by atoms with E-state index < -0.39 is 18.1 Å². The van der Waals surface area contributed by atoms with Gasteiger partial charge in [0.1, 0.15) is 6.04 Å². The third-order valence-corrected chi connectivity index (χ3v) is 5.38. The summed E-state index contributed by atoms with van der Waals surface area (Å²) in [6.45, 7) is 0.765. The van der Waals surface area contributed by atoms with Crippen LogP contribution in [0.25, 0.3) is 12.2 Å². The topological polar surface area (TPSA) is 81.1 Å². The van der Waals surface area contributed by atoms with Crippen molar-refractivity contribution in [2.45, 2.75) is 25.0 Å². The van der Waals surface area contributed by atoms with E-state index in [2.05, 4.69) is 0 Å². The van der Waals surface area contributed by atoms with Crippen LogP contribution in [0, 0.1) is 0 Å². The zero-order chi connectivity index (χ0) is 19.7. The molecule has 0 aromatic heterocycles. The van der Waals surface area contributed by atoms with Gasteiger partial charge < -0.3 is 10.2 Å². The Bertz CT molecular complexity index is 890. The number of carboxylic acid groups (broad SMARTS) is 1. The van der Waals surface area contributed by atoms with Gasteiger partial charge in [0, 0.05) is 19.5 Å². The van der Waals surface area contributed by atoms with E-state index in [0.717, 1.165) is 22.5 Å². The average molecular weight is 378 g/mol. The second-order valence-electron chi connectivity index (χ2n) is 7.11. The Morgan fingerprint density at radius 3 is 2.11 bits per heavy atom. The Balaban J connectivity index is 1.61. The van der Waals surface area contributed by atoms with Gasteiger partial charge in [0.2, 0.25) is 5.91 Å². The molecule has 2 atom stereocenters. The summed E-state index contributed by atoms with van der Waals surface area (Å²) in [6, 6.07) is 14.5. The Labute approximate surface area is 163 Å². The van der Waals surface area contributed by atoms with Gasteiger partial charge in [-0.1, -0.05) is 48.6 Å². The van der Waals surface area contributed by atoms with Crippen molar-refractivity contribution in [2.24, 2.45) is 0 Å². The first-order valence-corrected chi connectivity index (χ1v) is 9.40. The van der Waals surface area contributed by atoms with Crippen LogP contribution in [0.15, 0.2) is 48.5 Å². The molecule has 0 spiro atoms. The van der Waals surface area contributed by atoms with Gasteiger partial charge in [-0.2, -0.15) is 0 Å². The summed E-state index contributed by atoms with van der Waals surface area (Å²) in [5.74, 6) is -1.15. The number of benzene rings is 2. The molecule has 2 aliphatic heterocycles. The first kappa shape index (κ1) is 18.4. The van der Waals surface area contributed by atoms with Crippen molar-refractivity contribution in [1.29, 1.82) is 0 Å². The number of aliphatic carboxylic acids is 1. The van der Waals surface area contributed by atoms with Crippen LogP contribution in [0.2, 0.25) is 0 Å². The summed E-state index contributed by atoms with van der Waals surface area (Å²) in [5, 5.41) is 19.3. The van der Waals surface area contributed by atoms with E-state index in [9.17, 15) is 19.8 Å². The molecule has 2 aromatic carbocycles. The van der Waals surface area contributed by atoms with E-state index in [1.54, 1.807) is 9.80 Å². The van der Waals surface area contributed by atoms with Crippen LogP contribution in [-0.2, 0) is 9.59 Å². The van der Waals surface area contributed by atoms with Gasteiger partial charge in [-0.3, -0.25) is 19.4 Å². The lowest BCUT2D eigenvalue weighted by molar-refractivity contribution is -0.145. The van der Waals surface area contributed by atoms with Crippen molar-refractivity contribution in [3.05, 3.63) is 59.7 Å². The number of hydrogen-bond donors (Lipinski definition) is 2. The van der Waals surface area contributed by atoms with Gasteiger partial charge >= 0.3 is 5.97 Å². The standard InChI is InChI=1S/C22H22N2O4/c25-19-11-13-23(21(19)22(27)28)14-12-20(26)24-17-7-3-1-5-15(17)9-10-16-6-2-4-8-18(16)24/h1-10,19,21,25H,11-14H2,(H,27,28)/t19?,21-/m0/s1. The predicted octanol–water partition coefficient (Wildman–Crippen LogP) is 2.75. The van der Waals surface area contributed by atoms with E-state index in [0.29, 0.717) is 19.5 Å². The van der Waals surface area contributed by atoms with Gasteiger partial charge in [-0.05, 0) is 29.7 Å². The van der Waals surface area contributed by atoms with Crippen LogP contribution < -0.4 is 4.90 Å². The maximum atomic E-state index is 13.3. The van der Waals surface area contributed by atoms with Crippen LogP contribution in [0.5, 0.6) is 0 Å². The van der Waals surface area contributed by atoms with Crippen LogP contribution in [0.3, 0.4) is 0 Å². The molecule has 6 heteroatoms. The molecule has 2 aliphatic rings. The third kappa shape index (κ3) is 3.32. The minimum atomic E-state index is -1.05. The third-order valence-electron chi connectivity index (χ3n) is 5.38. The maximum Gasteiger partial charge on any atom is 0.323 e. The molecular weight excluding hydrogens is 356 g/mol. The number of nitrogens with zero attached hydrogens (tertiary/aromatic N) is 2. The van der Waals surface area contributed by atoms with Crippen LogP contribution in [0.4, 0.5) is 11.4 Å². The monoisotopic (exact) mass is 378 g/mol. The zero-order valence-corrected chi connectivity index (χ0v) is 15.4. The predicted molar refractivity (Wildman–Crippen MR) is 107 cm³/mol. The summed E-state index contributed by atoms with van der Waals surface area (Å²) in [4.78, 5) is 28.1. The molecular formula is C22H22N2O4. The van der Waals surface area contributed by atoms with Crippen molar-refractivity contribution in [3.63, 3.8) is 0 Å². The number of carboxylic acids is 1. The molecule has 1 saturated heterocycles. The van der Waals surface area contributed by atoms with Gasteiger partial charge in [-0.15, -0.1) is 0 Å². The lowest BCUT2D eigenvalue weighted by Crippen LogP contribution is -2.43. The Kier molecular flexibility index (Phi) is 4.98. The highest BCUT2D eigenvalue weighted by Crippen LogP contribution is 2.36. The second kappa shape index (κ2) is 7.58. The quantitative estimate of drug-likeness (QED) is 0.855. The summed E-state index contributed by atoms with van der Waals surface area (Å²) in [5.41, 5.74) is 3.52. The fourth-order valence-electron chi connectivity index (χ4n) is 4.00. The van der Waals surface area contributed by atoms with Crippen molar-refractivity contribution in [3.8, 4) is 0 Å². The number of carbonyl (C=O) groups is 2. The molecule has 6 nitrogen and oxygen atoms in total. The second-order valence-corrected chi connectivity index (χ2v) is 7.11. The Morgan fingerprint density at radius 2 is 1.54 bits per heavy atom. The molecule has 0 saturated carbocycles. The maximum absolute atomic E-state index is 13.3. The largest absolute Gasteiger partial charge is 0.480 e. The van der Waals surface area contributed by atoms with E-state index in [1.807, 2.05) is 60.7 Å². The smallest absolute Gasteiger partial charge is 0.323 e. The zero-order valence-electron chi connectivity index (χ0n) is 15.4. The number of likely N-dealkylation sites (tertiary alicyclic amines) is 1. The molecule has 28 heavy (non-hydrogen) atoms. The molecule has 144 valence electrons. The molecule has 2 N–H and O–H groups in total. The molecule has 2 heterocycles. The molecule has 1 amide bonds. The number of hydrogen-bond acceptors (Lipinski definition) is 4. The summed E-state index contributed by atoms with van der Waals surface area (Å²) >= 11 is 0. The van der Waals surface area contributed by atoms with Crippen molar-refractivity contribution >= 4 is 35.4 Å². The molecule has 0 aliphatic carbocycles. The van der Waals surface area contributed by atoms with Gasteiger partial charge in [0.15, 0.2) is 0 Å². The number of rotatable bonds is 4. The van der Waals surface area contributed by atoms with Gasteiger partial charge in [0.25, 0.3) is 0 Å². The highest BCUT2D eigenvalue weighted by Gasteiger charge is 2.38. The van der Waals surface area contributed by atoms with Gasteiger partial charge in [0.05, 0.1) is 17.5 Å². The number of aliphatic hydroxyl groups is 1. The number of para-hydroxylation sites is 2. The first-order valence-electron chi connectivity index (χ1n) is 9.40. The number of aliphatic hydroxyl groups excluding tert-OH is 1. The van der Waals surface area contributed by atoms with Crippen molar-refractivity contribution in [2.75, 3.05) is 18.0 Å². The summed E-state index contributed by atoms with van der Waals surface area (Å²) in [6.07, 6.45) is 3.68. The number of amides is 1. The van der Waals surface area contributed by atoms with Crippen LogP contribution >= 0.6 is 0 Å². The molecule has 0 radical (unpaired) electrons.